The molecule has 0 bridgehead atoms. The van der Waals surface area contributed by atoms with Crippen molar-refractivity contribution in [3.63, 3.8) is 0 Å². The van der Waals surface area contributed by atoms with Crippen molar-refractivity contribution in [2.45, 2.75) is 63.7 Å². The van der Waals surface area contributed by atoms with Crippen LogP contribution in [0.1, 0.15) is 52.4 Å². The molecule has 0 spiro atoms. The summed E-state index contributed by atoms with van der Waals surface area (Å²) in [6, 6.07) is 0. The Kier molecular flexibility index (Phi) is 8.28. The van der Waals surface area contributed by atoms with Gasteiger partial charge in [0.15, 0.2) is 9.84 Å². The van der Waals surface area contributed by atoms with Gasteiger partial charge in [-0.05, 0) is 55.4 Å². The third-order valence-corrected chi connectivity index (χ3v) is 8.37. The zero-order chi connectivity index (χ0) is 20.9. The van der Waals surface area contributed by atoms with Crippen LogP contribution >= 0.6 is 0 Å². The van der Waals surface area contributed by atoms with Gasteiger partial charge in [-0.2, -0.15) is 0 Å². The lowest BCUT2D eigenvalue weighted by molar-refractivity contribution is -0.140. The minimum absolute atomic E-state index is 0.0816. The normalized spacial score (nSPS) is 25.8. The van der Waals surface area contributed by atoms with Crippen LogP contribution in [0.4, 0.5) is 0 Å². The van der Waals surface area contributed by atoms with E-state index in [1.165, 1.54) is 0 Å². The number of aliphatic hydroxyl groups is 1. The van der Waals surface area contributed by atoms with Gasteiger partial charge in [-0.1, -0.05) is 32.4 Å². The highest BCUT2D eigenvalue weighted by Crippen LogP contribution is 2.40. The fourth-order valence-corrected chi connectivity index (χ4v) is 5.97. The maximum absolute atomic E-state index is 12.5. The Bertz CT molecular complexity index is 692. The average molecular weight is 415 g/mol. The quantitative estimate of drug-likeness (QED) is 0.509. The standard InChI is InChI=1S/C21H34O6S/c1-4-15(9-10-27-3)12-19(20(22)13-21(23)24)18-8-7-17(11-14(18)2)28(25,26)16-5-6-16/h7-8,11,14-16,18-20,22H,4-6,9-10,12-13H2,1-3H3,(H,23,24). The van der Waals surface area contributed by atoms with Crippen molar-refractivity contribution in [3.05, 3.63) is 23.1 Å². The van der Waals surface area contributed by atoms with Gasteiger partial charge in [0, 0.05) is 13.7 Å². The number of carboxylic acid groups (broad SMARTS) is 1. The van der Waals surface area contributed by atoms with E-state index in [2.05, 4.69) is 6.92 Å². The Morgan fingerprint density at radius 1 is 1.36 bits per heavy atom. The summed E-state index contributed by atoms with van der Waals surface area (Å²) < 4.78 is 30.2. The molecule has 1 saturated carbocycles. The Labute approximate surface area is 168 Å². The molecule has 5 atom stereocenters. The predicted octanol–water partition coefficient (Wildman–Crippen LogP) is 3.17. The first kappa shape index (κ1) is 23.1. The Balaban J connectivity index is 2.19. The highest BCUT2D eigenvalue weighted by atomic mass is 32.2. The zero-order valence-corrected chi connectivity index (χ0v) is 17.9. The molecule has 7 heteroatoms. The Hall–Kier alpha value is -1.18. The van der Waals surface area contributed by atoms with E-state index in [9.17, 15) is 18.3 Å². The zero-order valence-electron chi connectivity index (χ0n) is 17.1. The van der Waals surface area contributed by atoms with Crippen LogP contribution in [-0.2, 0) is 19.4 Å². The molecule has 2 aliphatic rings. The maximum Gasteiger partial charge on any atom is 0.305 e. The van der Waals surface area contributed by atoms with E-state index in [1.807, 2.05) is 13.0 Å². The van der Waals surface area contributed by atoms with E-state index in [-0.39, 0.29) is 29.4 Å². The van der Waals surface area contributed by atoms with Crippen LogP contribution in [0.25, 0.3) is 0 Å². The molecule has 2 N–H and O–H groups in total. The number of hydrogen-bond acceptors (Lipinski definition) is 5. The second kappa shape index (κ2) is 10.0. The van der Waals surface area contributed by atoms with Gasteiger partial charge in [0.1, 0.15) is 0 Å². The molecule has 0 heterocycles. The molecular weight excluding hydrogens is 380 g/mol. The molecule has 160 valence electrons. The number of carboxylic acids is 1. The number of carbonyl (C=O) groups is 1. The lowest BCUT2D eigenvalue weighted by atomic mass is 9.72. The summed E-state index contributed by atoms with van der Waals surface area (Å²) >= 11 is 0. The number of rotatable bonds is 12. The second-order valence-electron chi connectivity index (χ2n) is 8.23. The number of ether oxygens (including phenoxy) is 1. The summed E-state index contributed by atoms with van der Waals surface area (Å²) in [5.41, 5.74) is 0. The number of methoxy groups -OCH3 is 1. The van der Waals surface area contributed by atoms with Crippen molar-refractivity contribution in [2.24, 2.45) is 23.7 Å². The van der Waals surface area contributed by atoms with Crippen molar-refractivity contribution in [3.8, 4) is 0 Å². The maximum atomic E-state index is 12.5. The molecule has 6 nitrogen and oxygen atoms in total. The highest BCUT2D eigenvalue weighted by Gasteiger charge is 2.40. The van der Waals surface area contributed by atoms with Gasteiger partial charge in [-0.3, -0.25) is 4.79 Å². The van der Waals surface area contributed by atoms with Crippen molar-refractivity contribution >= 4 is 15.8 Å². The van der Waals surface area contributed by atoms with Gasteiger partial charge in [0.05, 0.1) is 22.7 Å². The summed E-state index contributed by atoms with van der Waals surface area (Å²) in [7, 11) is -1.59. The van der Waals surface area contributed by atoms with Crippen LogP contribution < -0.4 is 0 Å². The summed E-state index contributed by atoms with van der Waals surface area (Å²) in [5.74, 6) is -1.13. The number of allylic oxidation sites excluding steroid dienone is 3. The molecule has 0 aromatic rings. The monoisotopic (exact) mass is 414 g/mol. The number of aliphatic hydroxyl groups excluding tert-OH is 1. The SMILES string of the molecule is CCC(CCOC)CC(C(O)CC(=O)O)C1C=CC(S(=O)(=O)C2CC2)=CC1C. The molecule has 2 aliphatic carbocycles. The molecule has 1 fully saturated rings. The smallest absolute Gasteiger partial charge is 0.305 e. The fraction of sp³-hybridized carbons (Fsp3) is 0.762. The van der Waals surface area contributed by atoms with E-state index >= 15 is 0 Å². The van der Waals surface area contributed by atoms with Crippen molar-refractivity contribution in [2.75, 3.05) is 13.7 Å². The van der Waals surface area contributed by atoms with Gasteiger partial charge in [-0.15, -0.1) is 0 Å². The van der Waals surface area contributed by atoms with Crippen LogP contribution in [0.3, 0.4) is 0 Å². The molecule has 0 amide bonds. The highest BCUT2D eigenvalue weighted by molar-refractivity contribution is 7.96. The van der Waals surface area contributed by atoms with E-state index in [0.29, 0.717) is 23.9 Å². The van der Waals surface area contributed by atoms with Gasteiger partial charge in [0.25, 0.3) is 0 Å². The molecule has 28 heavy (non-hydrogen) atoms. The third kappa shape index (κ3) is 5.91. The van der Waals surface area contributed by atoms with Crippen molar-refractivity contribution in [1.29, 1.82) is 0 Å². The summed E-state index contributed by atoms with van der Waals surface area (Å²) in [6.07, 6.45) is 7.95. The average Bonchev–Trinajstić information content (AvgIpc) is 3.47. The molecule has 5 unspecified atom stereocenters. The topological polar surface area (TPSA) is 101 Å². The fourth-order valence-electron chi connectivity index (χ4n) is 4.16. The molecular formula is C21H34O6S. The Morgan fingerprint density at radius 2 is 2.04 bits per heavy atom. The van der Waals surface area contributed by atoms with Gasteiger partial charge >= 0.3 is 5.97 Å². The summed E-state index contributed by atoms with van der Waals surface area (Å²) in [4.78, 5) is 11.6. The van der Waals surface area contributed by atoms with Crippen LogP contribution in [0.15, 0.2) is 23.1 Å². The van der Waals surface area contributed by atoms with Crippen molar-refractivity contribution < 1.29 is 28.2 Å². The molecule has 0 aromatic heterocycles. The van der Waals surface area contributed by atoms with E-state index in [1.54, 1.807) is 19.3 Å². The van der Waals surface area contributed by atoms with Gasteiger partial charge in [0.2, 0.25) is 0 Å². The molecule has 2 rings (SSSR count). The molecule has 0 aromatic carbocycles. The number of aliphatic carboxylic acids is 1. The second-order valence-corrected chi connectivity index (χ2v) is 10.5. The minimum atomic E-state index is -3.25. The van der Waals surface area contributed by atoms with Crippen LogP contribution in [0, 0.1) is 23.7 Å². The minimum Gasteiger partial charge on any atom is -0.481 e. The number of sulfone groups is 1. The molecule has 0 saturated heterocycles. The molecule has 0 aliphatic heterocycles. The lowest BCUT2D eigenvalue weighted by Gasteiger charge is -2.35. The van der Waals surface area contributed by atoms with E-state index in [0.717, 1.165) is 25.7 Å². The first-order valence-corrected chi connectivity index (χ1v) is 11.8. The van der Waals surface area contributed by atoms with Gasteiger partial charge < -0.3 is 14.9 Å². The largest absolute Gasteiger partial charge is 0.481 e. The van der Waals surface area contributed by atoms with Crippen LogP contribution in [0.5, 0.6) is 0 Å². The van der Waals surface area contributed by atoms with Crippen molar-refractivity contribution in [1.82, 2.24) is 0 Å². The van der Waals surface area contributed by atoms with Crippen LogP contribution in [-0.4, -0.2) is 49.7 Å². The number of hydrogen-bond donors (Lipinski definition) is 2. The molecule has 0 radical (unpaired) electrons. The summed E-state index contributed by atoms with van der Waals surface area (Å²) in [6.45, 7) is 4.66. The third-order valence-electron chi connectivity index (χ3n) is 6.09. The van der Waals surface area contributed by atoms with E-state index in [4.69, 9.17) is 9.84 Å². The van der Waals surface area contributed by atoms with Crippen LogP contribution in [0.2, 0.25) is 0 Å². The predicted molar refractivity (Wildman–Crippen MR) is 108 cm³/mol. The van der Waals surface area contributed by atoms with E-state index < -0.39 is 21.9 Å². The summed E-state index contributed by atoms with van der Waals surface area (Å²) in [5, 5.41) is 19.6. The van der Waals surface area contributed by atoms with Gasteiger partial charge in [-0.25, -0.2) is 8.42 Å². The first-order valence-electron chi connectivity index (χ1n) is 10.2. The first-order chi connectivity index (χ1) is 13.2. The lowest BCUT2D eigenvalue weighted by Crippen LogP contribution is -2.35. The Morgan fingerprint density at radius 3 is 2.54 bits per heavy atom.